The van der Waals surface area contributed by atoms with Crippen LogP contribution in [0.4, 0.5) is 0 Å². The van der Waals surface area contributed by atoms with E-state index in [-0.39, 0.29) is 0 Å². The van der Waals surface area contributed by atoms with E-state index in [1.165, 1.54) is 21.8 Å². The first-order chi connectivity index (χ1) is 16.9. The van der Waals surface area contributed by atoms with E-state index in [0.29, 0.717) is 0 Å². The van der Waals surface area contributed by atoms with Crippen LogP contribution in [0.3, 0.4) is 0 Å². The van der Waals surface area contributed by atoms with Crippen LogP contribution < -0.4 is 0 Å². The Kier molecular flexibility index (Phi) is 5.32. The van der Waals surface area contributed by atoms with Crippen molar-refractivity contribution in [3.05, 3.63) is 115 Å². The Morgan fingerprint density at radius 3 is 1.50 bits per heavy atom. The van der Waals surface area contributed by atoms with E-state index >= 15 is 0 Å². The molecule has 6 rings (SSSR count). The van der Waals surface area contributed by atoms with Crippen molar-refractivity contribution in [2.45, 2.75) is 19.4 Å². The van der Waals surface area contributed by atoms with Crippen LogP contribution in [0.5, 0.6) is 0 Å². The Hall–Kier alpha value is -4.31. The Morgan fingerprint density at radius 1 is 0.500 bits per heavy atom. The number of benzene rings is 4. The highest BCUT2D eigenvalue weighted by Crippen LogP contribution is 2.29. The Labute approximate surface area is 198 Å². The van der Waals surface area contributed by atoms with Gasteiger partial charge < -0.3 is 4.57 Å². The highest BCUT2D eigenvalue weighted by atomic mass is 15.0. The maximum absolute atomic E-state index is 4.84. The van der Waals surface area contributed by atoms with Crippen molar-refractivity contribution in [2.24, 2.45) is 0 Å². The van der Waals surface area contributed by atoms with Crippen LogP contribution in [0.1, 0.15) is 12.2 Å². The molecular weight excluding hydrogens is 416 g/mol. The minimum Gasteiger partial charge on any atom is -0.340 e. The molecule has 164 valence electrons. The molecule has 2 heterocycles. The van der Waals surface area contributed by atoms with E-state index < -0.39 is 0 Å². The van der Waals surface area contributed by atoms with Crippen molar-refractivity contribution >= 4 is 21.8 Å². The molecule has 0 saturated heterocycles. The van der Waals surface area contributed by atoms with Crippen LogP contribution in [-0.4, -0.2) is 19.5 Å². The number of hydrogen-bond acceptors (Lipinski definition) is 3. The lowest BCUT2D eigenvalue weighted by atomic mass is 10.2. The molecule has 0 spiro atoms. The van der Waals surface area contributed by atoms with E-state index in [9.17, 15) is 0 Å². The maximum Gasteiger partial charge on any atom is 0.163 e. The molecule has 4 nitrogen and oxygen atoms in total. The van der Waals surface area contributed by atoms with Crippen LogP contribution in [0.15, 0.2) is 109 Å². The average molecular weight is 441 g/mol. The van der Waals surface area contributed by atoms with Crippen LogP contribution in [0, 0.1) is 0 Å². The van der Waals surface area contributed by atoms with Crippen molar-refractivity contribution in [3.8, 4) is 22.8 Å². The summed E-state index contributed by atoms with van der Waals surface area (Å²) in [6.07, 6.45) is 1.72. The van der Waals surface area contributed by atoms with Crippen molar-refractivity contribution in [1.82, 2.24) is 19.5 Å². The van der Waals surface area contributed by atoms with Crippen LogP contribution in [0.2, 0.25) is 0 Å². The highest BCUT2D eigenvalue weighted by molar-refractivity contribution is 6.07. The second-order valence-electron chi connectivity index (χ2n) is 8.42. The minimum absolute atomic E-state index is 0.723. The summed E-state index contributed by atoms with van der Waals surface area (Å²) in [5.74, 6) is 2.27. The van der Waals surface area contributed by atoms with Crippen molar-refractivity contribution in [1.29, 1.82) is 0 Å². The predicted molar refractivity (Wildman–Crippen MR) is 138 cm³/mol. The second kappa shape index (κ2) is 8.91. The molecule has 0 unspecified atom stereocenters. The van der Waals surface area contributed by atoms with Gasteiger partial charge in [0.05, 0.1) is 0 Å². The quantitative estimate of drug-likeness (QED) is 0.282. The maximum atomic E-state index is 4.84. The summed E-state index contributed by atoms with van der Waals surface area (Å²) in [6, 6.07) is 37.6. The number of aryl methyl sites for hydroxylation is 2. The fourth-order valence-electron chi connectivity index (χ4n) is 4.60. The molecule has 0 fully saturated rings. The topological polar surface area (TPSA) is 43.6 Å². The largest absolute Gasteiger partial charge is 0.340 e. The molecule has 0 aliphatic rings. The monoisotopic (exact) mass is 440 g/mol. The van der Waals surface area contributed by atoms with Crippen LogP contribution in [-0.2, 0) is 13.0 Å². The van der Waals surface area contributed by atoms with Gasteiger partial charge in [0, 0.05) is 45.9 Å². The van der Waals surface area contributed by atoms with Gasteiger partial charge in [-0.3, -0.25) is 0 Å². The molecule has 2 aromatic heterocycles. The first-order valence-corrected chi connectivity index (χ1v) is 11.7. The van der Waals surface area contributed by atoms with E-state index in [1.807, 2.05) is 60.7 Å². The lowest BCUT2D eigenvalue weighted by Gasteiger charge is -2.10. The first kappa shape index (κ1) is 20.3. The summed E-state index contributed by atoms with van der Waals surface area (Å²) in [5, 5.41) is 2.60. The summed E-state index contributed by atoms with van der Waals surface area (Å²) in [5.41, 5.74) is 4.56. The van der Waals surface area contributed by atoms with Gasteiger partial charge in [-0.05, 0) is 18.6 Å². The standard InChI is InChI=1S/C30H24N4/c1-3-12-22(13-4-1)29-31-28(32-30(33-29)23-14-5-2-6-15-23)20-11-21-34-26-18-9-7-16-24(26)25-17-8-10-19-27(25)34/h1-10,12-19H,11,20-21H2. The lowest BCUT2D eigenvalue weighted by Crippen LogP contribution is -2.05. The van der Waals surface area contributed by atoms with Crippen molar-refractivity contribution in [3.63, 3.8) is 0 Å². The third kappa shape index (κ3) is 3.84. The average Bonchev–Trinajstić information content (AvgIpc) is 3.23. The van der Waals surface area contributed by atoms with Gasteiger partial charge >= 0.3 is 0 Å². The molecule has 0 aliphatic carbocycles. The first-order valence-electron chi connectivity index (χ1n) is 11.7. The second-order valence-corrected chi connectivity index (χ2v) is 8.42. The molecule has 34 heavy (non-hydrogen) atoms. The van der Waals surface area contributed by atoms with E-state index in [2.05, 4.69) is 53.1 Å². The highest BCUT2D eigenvalue weighted by Gasteiger charge is 2.12. The van der Waals surface area contributed by atoms with Crippen molar-refractivity contribution < 1.29 is 0 Å². The Bertz CT molecular complexity index is 1460. The number of rotatable bonds is 6. The molecule has 4 heteroatoms. The zero-order valence-corrected chi connectivity index (χ0v) is 18.8. The summed E-state index contributed by atoms with van der Waals surface area (Å²) in [7, 11) is 0. The SMILES string of the molecule is c1ccc(-c2nc(CCCn3c4ccccc4c4ccccc43)nc(-c3ccccc3)n2)cc1. The molecule has 6 aromatic rings. The number of nitrogens with zero attached hydrogens (tertiary/aromatic N) is 4. The van der Waals surface area contributed by atoms with Crippen LogP contribution >= 0.6 is 0 Å². The molecule has 0 amide bonds. The summed E-state index contributed by atoms with van der Waals surface area (Å²) < 4.78 is 2.42. The van der Waals surface area contributed by atoms with Gasteiger partial charge in [-0.1, -0.05) is 97.1 Å². The van der Waals surface area contributed by atoms with Gasteiger partial charge in [0.2, 0.25) is 0 Å². The molecular formula is C30H24N4. The Balaban J connectivity index is 1.33. The van der Waals surface area contributed by atoms with Crippen molar-refractivity contribution in [2.75, 3.05) is 0 Å². The van der Waals surface area contributed by atoms with Gasteiger partial charge in [0.1, 0.15) is 5.82 Å². The van der Waals surface area contributed by atoms with E-state index in [0.717, 1.165) is 48.0 Å². The van der Waals surface area contributed by atoms with Gasteiger partial charge in [-0.15, -0.1) is 0 Å². The molecule has 4 aromatic carbocycles. The van der Waals surface area contributed by atoms with Gasteiger partial charge in [0.15, 0.2) is 11.6 Å². The summed E-state index contributed by atoms with van der Waals surface area (Å²) in [6.45, 7) is 0.904. The van der Waals surface area contributed by atoms with Gasteiger partial charge in [-0.2, -0.15) is 0 Å². The van der Waals surface area contributed by atoms with Gasteiger partial charge in [0.25, 0.3) is 0 Å². The zero-order valence-electron chi connectivity index (χ0n) is 18.8. The van der Waals surface area contributed by atoms with Gasteiger partial charge in [-0.25, -0.2) is 15.0 Å². The number of para-hydroxylation sites is 2. The molecule has 0 atom stereocenters. The fraction of sp³-hybridized carbons (Fsp3) is 0.100. The number of hydrogen-bond donors (Lipinski definition) is 0. The third-order valence-corrected chi connectivity index (χ3v) is 6.21. The molecule has 0 radical (unpaired) electrons. The molecule has 0 bridgehead atoms. The van der Waals surface area contributed by atoms with Crippen LogP contribution in [0.25, 0.3) is 44.6 Å². The third-order valence-electron chi connectivity index (χ3n) is 6.21. The fourth-order valence-corrected chi connectivity index (χ4v) is 4.60. The molecule has 0 aliphatic heterocycles. The molecule has 0 N–H and O–H groups in total. The lowest BCUT2D eigenvalue weighted by molar-refractivity contribution is 0.658. The molecule has 0 saturated carbocycles. The number of aromatic nitrogens is 4. The zero-order chi connectivity index (χ0) is 22.7. The summed E-state index contributed by atoms with van der Waals surface area (Å²) in [4.78, 5) is 14.5. The minimum atomic E-state index is 0.723. The summed E-state index contributed by atoms with van der Waals surface area (Å²) >= 11 is 0. The predicted octanol–water partition coefficient (Wildman–Crippen LogP) is 6.95. The Morgan fingerprint density at radius 2 is 0.971 bits per heavy atom. The van der Waals surface area contributed by atoms with E-state index in [1.54, 1.807) is 0 Å². The normalized spacial score (nSPS) is 11.3. The number of fused-ring (bicyclic) bond motifs is 3. The van der Waals surface area contributed by atoms with E-state index in [4.69, 9.17) is 15.0 Å². The smallest absolute Gasteiger partial charge is 0.163 e.